The minimum Gasteiger partial charge on any atom is -0.388 e. The molecule has 230 valence electrons. The molecule has 2 atom stereocenters. The first-order valence-electron chi connectivity index (χ1n) is 14.8. The number of halogens is 2. The lowest BCUT2D eigenvalue weighted by molar-refractivity contribution is 0.486. The van der Waals surface area contributed by atoms with Gasteiger partial charge in [-0.2, -0.15) is 4.98 Å². The number of hydrogen-bond donors (Lipinski definition) is 5. The lowest BCUT2D eigenvalue weighted by atomic mass is 10.0. The fraction of sp³-hybridized carbons (Fsp3) is 0.406. The minimum absolute atomic E-state index is 0.0567. The molecule has 2 aromatic heterocycles. The summed E-state index contributed by atoms with van der Waals surface area (Å²) in [5.74, 6) is 0.0780. The summed E-state index contributed by atoms with van der Waals surface area (Å²) < 4.78 is 16.6. The van der Waals surface area contributed by atoms with Crippen LogP contribution in [0.15, 0.2) is 58.4 Å². The highest BCUT2D eigenvalue weighted by molar-refractivity contribution is 6.31. The van der Waals surface area contributed by atoms with E-state index in [1.54, 1.807) is 31.3 Å². The van der Waals surface area contributed by atoms with Gasteiger partial charge in [0, 0.05) is 35.8 Å². The molecule has 9 nitrogen and oxygen atoms in total. The molecule has 0 fully saturated rings. The molecule has 0 aliphatic carbocycles. The molecule has 2 heterocycles. The molecule has 2 aromatic carbocycles. The third-order valence-electron chi connectivity index (χ3n) is 7.35. The predicted octanol–water partition coefficient (Wildman–Crippen LogP) is 4.85. The summed E-state index contributed by atoms with van der Waals surface area (Å²) in [5.41, 5.74) is 15.0. The van der Waals surface area contributed by atoms with Gasteiger partial charge in [-0.15, -0.1) is 0 Å². The molecule has 0 amide bonds. The summed E-state index contributed by atoms with van der Waals surface area (Å²) in [5, 5.41) is 7.55. The van der Waals surface area contributed by atoms with Crippen LogP contribution in [-0.4, -0.2) is 53.1 Å². The summed E-state index contributed by atoms with van der Waals surface area (Å²) >= 11 is 6.25. The van der Waals surface area contributed by atoms with E-state index in [-0.39, 0.29) is 17.1 Å². The number of nitrogens with two attached hydrogens (primary N) is 2. The zero-order valence-corrected chi connectivity index (χ0v) is 25.8. The van der Waals surface area contributed by atoms with Gasteiger partial charge in [0.1, 0.15) is 5.65 Å². The van der Waals surface area contributed by atoms with Gasteiger partial charge in [-0.25, -0.2) is 9.18 Å². The molecule has 4 rings (SSSR count). The molecular formula is C32H42ClFN8O. The van der Waals surface area contributed by atoms with Crippen molar-refractivity contribution in [3.05, 3.63) is 81.1 Å². The largest absolute Gasteiger partial charge is 0.388 e. The number of aromatic nitrogens is 3. The van der Waals surface area contributed by atoms with Crippen molar-refractivity contribution in [1.82, 2.24) is 25.2 Å². The molecule has 43 heavy (non-hydrogen) atoms. The van der Waals surface area contributed by atoms with Gasteiger partial charge >= 0.3 is 5.69 Å². The van der Waals surface area contributed by atoms with Crippen LogP contribution in [0.2, 0.25) is 5.02 Å². The van der Waals surface area contributed by atoms with Gasteiger partial charge in [-0.05, 0) is 108 Å². The van der Waals surface area contributed by atoms with Gasteiger partial charge in [0.05, 0.1) is 22.2 Å². The third-order valence-corrected chi connectivity index (χ3v) is 7.63. The van der Waals surface area contributed by atoms with E-state index < -0.39 is 11.5 Å². The number of benzene rings is 2. The molecule has 0 bridgehead atoms. The number of H-pyrrole nitrogens is 1. The highest BCUT2D eigenvalue weighted by atomic mass is 35.5. The number of rotatable bonds is 15. The van der Waals surface area contributed by atoms with Gasteiger partial charge in [-0.3, -0.25) is 9.56 Å². The van der Waals surface area contributed by atoms with E-state index in [4.69, 9.17) is 23.1 Å². The predicted molar refractivity (Wildman–Crippen MR) is 175 cm³/mol. The average Bonchev–Trinajstić information content (AvgIpc) is 3.38. The van der Waals surface area contributed by atoms with Gasteiger partial charge in [0.2, 0.25) is 0 Å². The zero-order chi connectivity index (χ0) is 30.9. The number of aliphatic imine (C=N–C) groups is 1. The number of nitrogens with one attached hydrogen (secondary N) is 3. The molecule has 0 radical (unpaired) electrons. The quantitative estimate of drug-likeness (QED) is 0.0743. The summed E-state index contributed by atoms with van der Waals surface area (Å²) in [6, 6.07) is 13.4. The van der Waals surface area contributed by atoms with Gasteiger partial charge in [0.15, 0.2) is 5.82 Å². The van der Waals surface area contributed by atoms with Crippen molar-refractivity contribution >= 4 is 28.5 Å². The normalized spacial score (nSPS) is 13.5. The van der Waals surface area contributed by atoms with Crippen LogP contribution in [0, 0.1) is 5.82 Å². The van der Waals surface area contributed by atoms with Crippen LogP contribution in [0.4, 0.5) is 4.39 Å². The van der Waals surface area contributed by atoms with Crippen LogP contribution in [0.5, 0.6) is 0 Å². The molecule has 0 saturated carbocycles. The fourth-order valence-electron chi connectivity index (χ4n) is 5.09. The van der Waals surface area contributed by atoms with Crippen molar-refractivity contribution in [1.29, 1.82) is 0 Å². The Kier molecular flexibility index (Phi) is 11.5. The summed E-state index contributed by atoms with van der Waals surface area (Å²) in [6.07, 6.45) is 6.00. The van der Waals surface area contributed by atoms with E-state index in [1.165, 1.54) is 4.57 Å². The highest BCUT2D eigenvalue weighted by Crippen LogP contribution is 2.31. The Bertz CT molecular complexity index is 1590. The van der Waals surface area contributed by atoms with E-state index in [0.717, 1.165) is 56.3 Å². The Morgan fingerprint density at radius 1 is 1.16 bits per heavy atom. The Morgan fingerprint density at radius 2 is 1.93 bits per heavy atom. The maximum atomic E-state index is 15.1. The first-order chi connectivity index (χ1) is 20.7. The van der Waals surface area contributed by atoms with Gasteiger partial charge < -0.3 is 27.1 Å². The van der Waals surface area contributed by atoms with Crippen LogP contribution in [0.25, 0.3) is 28.0 Å². The standard InChI is InChI=1S/C32H42ClFN8O/c1-20(35)6-4-7-22-16-26(30(34)27(33)17-22)29-18-24-19-42(32(43)41-31(24)40-29)25-10-8-23(9-11-25)28(12-15-37-3)39-14-5-13-38-21(2)36/h8-11,16-20,28,37,39H,4-7,12-15,35H2,1-3H3,(H2,36,38)(H,40,41,43). The second-order valence-electron chi connectivity index (χ2n) is 11.1. The van der Waals surface area contributed by atoms with E-state index in [0.29, 0.717) is 40.4 Å². The molecule has 11 heteroatoms. The molecule has 0 spiro atoms. The summed E-state index contributed by atoms with van der Waals surface area (Å²) in [6.45, 7) is 6.11. The molecular weight excluding hydrogens is 567 g/mol. The summed E-state index contributed by atoms with van der Waals surface area (Å²) in [4.78, 5) is 24.6. The third kappa shape index (κ3) is 8.73. The van der Waals surface area contributed by atoms with Crippen LogP contribution in [0.1, 0.15) is 56.7 Å². The SMILES string of the molecule is CNCCC(NCCCN=C(C)N)c1ccc(-n2cc3cc(-c4cc(CCCC(C)N)cc(Cl)c4F)[nH]c3nc2=O)cc1. The van der Waals surface area contributed by atoms with E-state index in [9.17, 15) is 4.79 Å². The van der Waals surface area contributed by atoms with E-state index in [2.05, 4.69) is 25.6 Å². The topological polar surface area (TPSA) is 139 Å². The molecule has 0 saturated heterocycles. The molecule has 0 aliphatic heterocycles. The minimum atomic E-state index is -0.515. The molecule has 7 N–H and O–H groups in total. The molecule has 0 aliphatic rings. The Morgan fingerprint density at radius 3 is 2.63 bits per heavy atom. The number of amidine groups is 1. The monoisotopic (exact) mass is 608 g/mol. The molecule has 2 unspecified atom stereocenters. The Hall–Kier alpha value is -3.57. The van der Waals surface area contributed by atoms with Gasteiger partial charge in [-0.1, -0.05) is 23.7 Å². The van der Waals surface area contributed by atoms with Gasteiger partial charge in [0.25, 0.3) is 0 Å². The first kappa shape index (κ1) is 32.3. The average molecular weight is 609 g/mol. The highest BCUT2D eigenvalue weighted by Gasteiger charge is 2.16. The first-order valence-corrected chi connectivity index (χ1v) is 15.1. The number of aromatic amines is 1. The van der Waals surface area contributed by atoms with E-state index >= 15 is 4.39 Å². The number of aryl methyl sites for hydroxylation is 1. The maximum absolute atomic E-state index is 15.1. The lowest BCUT2D eigenvalue weighted by Crippen LogP contribution is -2.26. The smallest absolute Gasteiger partial charge is 0.354 e. The number of nitrogens with zero attached hydrogens (tertiary/aromatic N) is 3. The number of hydrogen-bond acceptors (Lipinski definition) is 6. The van der Waals surface area contributed by atoms with Crippen molar-refractivity contribution in [2.45, 2.75) is 58.0 Å². The van der Waals surface area contributed by atoms with Crippen molar-refractivity contribution in [3.63, 3.8) is 0 Å². The van der Waals surface area contributed by atoms with Crippen LogP contribution < -0.4 is 27.8 Å². The Labute approximate surface area is 257 Å². The second kappa shape index (κ2) is 15.2. The zero-order valence-electron chi connectivity index (χ0n) is 25.1. The second-order valence-corrected chi connectivity index (χ2v) is 11.5. The van der Waals surface area contributed by atoms with Crippen LogP contribution in [0.3, 0.4) is 0 Å². The van der Waals surface area contributed by atoms with Crippen molar-refractivity contribution < 1.29 is 4.39 Å². The van der Waals surface area contributed by atoms with Crippen LogP contribution in [-0.2, 0) is 6.42 Å². The van der Waals surface area contributed by atoms with Crippen LogP contribution >= 0.6 is 11.6 Å². The van der Waals surface area contributed by atoms with Crippen molar-refractivity contribution in [3.8, 4) is 16.9 Å². The van der Waals surface area contributed by atoms with E-state index in [1.807, 2.05) is 38.2 Å². The fourth-order valence-corrected chi connectivity index (χ4v) is 5.33. The maximum Gasteiger partial charge on any atom is 0.354 e. The van der Waals surface area contributed by atoms with Crippen molar-refractivity contribution in [2.24, 2.45) is 16.5 Å². The van der Waals surface area contributed by atoms with Crippen molar-refractivity contribution in [2.75, 3.05) is 26.7 Å². The molecule has 4 aromatic rings. The summed E-state index contributed by atoms with van der Waals surface area (Å²) in [7, 11) is 1.93. The lowest BCUT2D eigenvalue weighted by Gasteiger charge is -2.19. The Balaban J connectivity index is 1.56. The number of fused-ring (bicyclic) bond motifs is 1.